The molecule has 1 aromatic rings. The molecule has 2 bridgehead atoms. The van der Waals surface area contributed by atoms with Crippen molar-refractivity contribution in [2.45, 2.75) is 31.9 Å². The number of pyridine rings is 1. The molecule has 102 valence electrons. The first-order valence-electron chi connectivity index (χ1n) is 6.58. The van der Waals surface area contributed by atoms with Crippen molar-refractivity contribution >= 4 is 10.1 Å². The molecular weight excluding hydrogens is 262 g/mol. The minimum Gasteiger partial charge on any atom is -0.181 e. The van der Waals surface area contributed by atoms with Crippen LogP contribution in [0.15, 0.2) is 30.4 Å². The molecule has 4 nitrogen and oxygen atoms in total. The Hall–Kier alpha value is -1.36. The summed E-state index contributed by atoms with van der Waals surface area (Å²) in [5.74, 6) is 0.538. The Morgan fingerprint density at radius 1 is 1.16 bits per heavy atom. The number of hydrogen-bond donors (Lipinski definition) is 0. The smallest absolute Gasteiger partial charge is 0.181 e. The minimum atomic E-state index is -3.58. The SMILES string of the molecule is Cc1cccc(C)[n+]1OS(=O)(=O)C1CC2C=CC1C2. The van der Waals surface area contributed by atoms with Crippen LogP contribution in [0.1, 0.15) is 24.2 Å². The second kappa shape index (κ2) is 4.34. The van der Waals surface area contributed by atoms with Crippen LogP contribution < -0.4 is 9.01 Å². The van der Waals surface area contributed by atoms with Crippen LogP contribution in [0.3, 0.4) is 0 Å². The Kier molecular flexibility index (Phi) is 2.89. The first kappa shape index (κ1) is 12.7. The summed E-state index contributed by atoms with van der Waals surface area (Å²) in [5, 5.41) is -0.394. The highest BCUT2D eigenvalue weighted by molar-refractivity contribution is 7.87. The lowest BCUT2D eigenvalue weighted by molar-refractivity contribution is -0.865. The standard InChI is InChI=1S/C14H18NO3S/c1-10-4-3-5-11(2)15(10)18-19(16,17)14-9-12-6-7-13(14)8-12/h3-7,12-14H,8-9H2,1-2H3/q+1. The number of nitrogens with zero attached hydrogens (tertiary/aromatic N) is 1. The molecule has 0 aromatic carbocycles. The van der Waals surface area contributed by atoms with E-state index in [0.717, 1.165) is 17.8 Å². The number of allylic oxidation sites excluding steroid dienone is 2. The third kappa shape index (κ3) is 2.16. The molecule has 2 aliphatic rings. The predicted octanol–water partition coefficient (Wildman–Crippen LogP) is 1.31. The number of fused-ring (bicyclic) bond motifs is 2. The fraction of sp³-hybridized carbons (Fsp3) is 0.500. The first-order valence-corrected chi connectivity index (χ1v) is 8.05. The van der Waals surface area contributed by atoms with Crippen LogP contribution in [0.25, 0.3) is 0 Å². The van der Waals surface area contributed by atoms with E-state index in [9.17, 15) is 8.42 Å². The normalized spacial score (nSPS) is 28.8. The summed E-state index contributed by atoms with van der Waals surface area (Å²) >= 11 is 0. The zero-order valence-corrected chi connectivity index (χ0v) is 11.9. The van der Waals surface area contributed by atoms with E-state index < -0.39 is 15.4 Å². The van der Waals surface area contributed by atoms with E-state index >= 15 is 0 Å². The number of aromatic nitrogens is 1. The highest BCUT2D eigenvalue weighted by atomic mass is 32.2. The van der Waals surface area contributed by atoms with Gasteiger partial charge in [0.25, 0.3) is 0 Å². The molecule has 0 amide bonds. The monoisotopic (exact) mass is 280 g/mol. The van der Waals surface area contributed by atoms with Crippen LogP contribution in [-0.4, -0.2) is 13.7 Å². The van der Waals surface area contributed by atoms with Crippen molar-refractivity contribution in [3.63, 3.8) is 0 Å². The zero-order chi connectivity index (χ0) is 13.6. The van der Waals surface area contributed by atoms with E-state index in [4.69, 9.17) is 4.28 Å². The second-order valence-corrected chi connectivity index (χ2v) is 7.23. The van der Waals surface area contributed by atoms with Crippen molar-refractivity contribution in [1.29, 1.82) is 0 Å². The molecule has 1 fully saturated rings. The van der Waals surface area contributed by atoms with Gasteiger partial charge in [0.05, 0.1) is 0 Å². The summed E-state index contributed by atoms with van der Waals surface area (Å²) in [6.45, 7) is 3.67. The van der Waals surface area contributed by atoms with Gasteiger partial charge in [0.1, 0.15) is 5.25 Å². The highest BCUT2D eigenvalue weighted by Gasteiger charge is 2.46. The summed E-state index contributed by atoms with van der Waals surface area (Å²) in [7, 11) is -3.58. The van der Waals surface area contributed by atoms with Gasteiger partial charge in [-0.3, -0.25) is 0 Å². The van der Waals surface area contributed by atoms with Gasteiger partial charge in [0.2, 0.25) is 11.4 Å². The van der Waals surface area contributed by atoms with Gasteiger partial charge in [0, 0.05) is 30.7 Å². The Labute approximate surface area is 113 Å². The van der Waals surface area contributed by atoms with Crippen molar-refractivity contribution in [2.24, 2.45) is 11.8 Å². The van der Waals surface area contributed by atoms with Crippen LogP contribution >= 0.6 is 0 Å². The molecule has 3 atom stereocenters. The van der Waals surface area contributed by atoms with Crippen molar-refractivity contribution < 1.29 is 17.4 Å². The fourth-order valence-corrected chi connectivity index (χ4v) is 4.75. The lowest BCUT2D eigenvalue weighted by Gasteiger charge is -2.15. The lowest BCUT2D eigenvalue weighted by atomic mass is 10.1. The molecule has 3 unspecified atom stereocenters. The van der Waals surface area contributed by atoms with Crippen molar-refractivity contribution in [1.82, 2.24) is 0 Å². The van der Waals surface area contributed by atoms with Gasteiger partial charge in [-0.15, -0.1) is 4.28 Å². The summed E-state index contributed by atoms with van der Waals surface area (Å²) in [4.78, 5) is 0. The maximum absolute atomic E-state index is 12.4. The van der Waals surface area contributed by atoms with Crippen molar-refractivity contribution in [3.05, 3.63) is 41.7 Å². The highest BCUT2D eigenvalue weighted by Crippen LogP contribution is 2.42. The quantitative estimate of drug-likeness (QED) is 0.619. The third-order valence-electron chi connectivity index (χ3n) is 4.08. The van der Waals surface area contributed by atoms with Gasteiger partial charge in [-0.1, -0.05) is 12.2 Å². The maximum atomic E-state index is 12.4. The maximum Gasteiger partial charge on any atom is 0.370 e. The molecule has 1 aromatic heterocycles. The van der Waals surface area contributed by atoms with E-state index in [2.05, 4.69) is 6.08 Å². The molecule has 1 saturated carbocycles. The molecule has 19 heavy (non-hydrogen) atoms. The van der Waals surface area contributed by atoms with Gasteiger partial charge in [0.15, 0.2) is 0 Å². The van der Waals surface area contributed by atoms with Crippen LogP contribution in [-0.2, 0) is 10.1 Å². The molecule has 0 aliphatic heterocycles. The van der Waals surface area contributed by atoms with E-state index in [1.807, 2.05) is 38.1 Å². The molecule has 5 heteroatoms. The lowest BCUT2D eigenvalue weighted by Crippen LogP contribution is -2.53. The number of rotatable bonds is 3. The fourth-order valence-electron chi connectivity index (χ4n) is 3.08. The molecule has 2 aliphatic carbocycles. The summed E-state index contributed by atoms with van der Waals surface area (Å²) in [5.41, 5.74) is 1.56. The Morgan fingerprint density at radius 2 is 1.84 bits per heavy atom. The van der Waals surface area contributed by atoms with Crippen LogP contribution in [0.5, 0.6) is 0 Å². The number of hydrogen-bond acceptors (Lipinski definition) is 3. The summed E-state index contributed by atoms with van der Waals surface area (Å²) < 4.78 is 31.6. The van der Waals surface area contributed by atoms with Gasteiger partial charge in [-0.05, 0) is 30.7 Å². The Morgan fingerprint density at radius 3 is 2.37 bits per heavy atom. The van der Waals surface area contributed by atoms with Gasteiger partial charge < -0.3 is 0 Å². The van der Waals surface area contributed by atoms with E-state index in [1.165, 1.54) is 4.73 Å². The van der Waals surface area contributed by atoms with Crippen molar-refractivity contribution in [3.8, 4) is 0 Å². The molecule has 0 spiro atoms. The van der Waals surface area contributed by atoms with Crippen molar-refractivity contribution in [2.75, 3.05) is 0 Å². The predicted molar refractivity (Wildman–Crippen MR) is 70.8 cm³/mol. The summed E-state index contributed by atoms with van der Waals surface area (Å²) in [6, 6.07) is 5.56. The molecule has 0 N–H and O–H groups in total. The first-order chi connectivity index (χ1) is 8.97. The van der Waals surface area contributed by atoms with Gasteiger partial charge in [-0.25, -0.2) is 0 Å². The molecule has 0 radical (unpaired) electrons. The zero-order valence-electron chi connectivity index (χ0n) is 11.1. The molecule has 3 rings (SSSR count). The minimum absolute atomic E-state index is 0.125. The van der Waals surface area contributed by atoms with Crippen LogP contribution in [0, 0.1) is 25.7 Å². The van der Waals surface area contributed by atoms with E-state index in [1.54, 1.807) is 0 Å². The Bertz CT molecular complexity index is 616. The van der Waals surface area contributed by atoms with Crippen LogP contribution in [0.4, 0.5) is 0 Å². The average Bonchev–Trinajstić information content (AvgIpc) is 2.96. The van der Waals surface area contributed by atoms with Gasteiger partial charge >= 0.3 is 10.1 Å². The van der Waals surface area contributed by atoms with Gasteiger partial charge in [-0.2, -0.15) is 8.42 Å². The molecule has 1 heterocycles. The largest absolute Gasteiger partial charge is 0.370 e. The van der Waals surface area contributed by atoms with Crippen LogP contribution in [0.2, 0.25) is 0 Å². The van der Waals surface area contributed by atoms with E-state index in [0.29, 0.717) is 12.3 Å². The average molecular weight is 280 g/mol. The van der Waals surface area contributed by atoms with E-state index in [-0.39, 0.29) is 5.92 Å². The number of aryl methyl sites for hydroxylation is 2. The summed E-state index contributed by atoms with van der Waals surface area (Å²) in [6.07, 6.45) is 5.79. The molecular formula is C14H18NO3S+. The topological polar surface area (TPSA) is 47.2 Å². The Balaban J connectivity index is 1.88. The molecule has 0 saturated heterocycles. The second-order valence-electron chi connectivity index (χ2n) is 5.49. The third-order valence-corrected chi connectivity index (χ3v) is 5.72.